The van der Waals surface area contributed by atoms with Gasteiger partial charge in [0.2, 0.25) is 0 Å². The number of ether oxygens (including phenoxy) is 5. The second kappa shape index (κ2) is 10.7. The predicted molar refractivity (Wildman–Crippen MR) is 127 cm³/mol. The van der Waals surface area contributed by atoms with Crippen molar-refractivity contribution in [2.24, 2.45) is 0 Å². The fourth-order valence-corrected chi connectivity index (χ4v) is 4.25. The number of hydrogen-bond acceptors (Lipinski definition) is 8. The molecule has 1 fully saturated rings. The van der Waals surface area contributed by atoms with Gasteiger partial charge in [-0.15, -0.1) is 0 Å². The van der Waals surface area contributed by atoms with Crippen LogP contribution in [0.5, 0.6) is 23.0 Å². The number of aliphatic hydroxyl groups excluding tert-OH is 1. The Kier molecular flexibility index (Phi) is 7.45. The molecule has 2 aliphatic heterocycles. The second-order valence-electron chi connectivity index (χ2n) is 7.91. The van der Waals surface area contributed by atoms with E-state index in [0.717, 1.165) is 0 Å². The van der Waals surface area contributed by atoms with Crippen LogP contribution in [-0.2, 0) is 14.3 Å². The molecule has 1 saturated heterocycles. The molecule has 1 N–H and O–H groups in total. The molecule has 0 bridgehead atoms. The Labute approximate surface area is 203 Å². The van der Waals surface area contributed by atoms with Crippen molar-refractivity contribution < 1.29 is 38.4 Å². The number of ketones is 1. The third kappa shape index (κ3) is 4.77. The molecule has 2 heterocycles. The Hall–Kier alpha value is -3.72. The molecule has 0 saturated carbocycles. The van der Waals surface area contributed by atoms with Gasteiger partial charge in [-0.2, -0.15) is 0 Å². The SMILES string of the molecule is CCOc1ccc(/C(O)=C2/C(=O)C(=O)N(CCOC)C2c2ccc3c(c2)OCCO3)c(OCC)c1. The lowest BCUT2D eigenvalue weighted by molar-refractivity contribution is -0.140. The van der Waals surface area contributed by atoms with E-state index in [9.17, 15) is 14.7 Å². The molecule has 186 valence electrons. The van der Waals surface area contributed by atoms with Gasteiger partial charge in [-0.05, 0) is 43.7 Å². The number of methoxy groups -OCH3 is 1. The number of nitrogens with zero attached hydrogens (tertiary/aromatic N) is 1. The topological polar surface area (TPSA) is 104 Å². The zero-order chi connectivity index (χ0) is 24.9. The standard InChI is InChI=1S/C26H29NO8/c1-4-32-17-7-8-18(20(15-17)33-5-2)24(28)22-23(27(10-11-31-3)26(30)25(22)29)16-6-9-19-21(14-16)35-13-12-34-19/h6-9,14-15,23,28H,4-5,10-13H2,1-3H3/b24-22-. The van der Waals surface area contributed by atoms with Gasteiger partial charge in [-0.1, -0.05) is 6.07 Å². The quantitative estimate of drug-likeness (QED) is 0.329. The minimum absolute atomic E-state index is 0.0344. The van der Waals surface area contributed by atoms with Crippen LogP contribution >= 0.6 is 0 Å². The minimum atomic E-state index is -0.845. The molecule has 1 atom stereocenters. The Balaban J connectivity index is 1.86. The summed E-state index contributed by atoms with van der Waals surface area (Å²) < 4.78 is 27.8. The van der Waals surface area contributed by atoms with Crippen LogP contribution in [0.1, 0.15) is 31.0 Å². The third-order valence-corrected chi connectivity index (χ3v) is 5.78. The van der Waals surface area contributed by atoms with Gasteiger partial charge in [-0.3, -0.25) is 9.59 Å². The van der Waals surface area contributed by atoms with Crippen LogP contribution in [-0.4, -0.2) is 68.4 Å². The van der Waals surface area contributed by atoms with E-state index in [1.54, 1.807) is 36.4 Å². The van der Waals surface area contributed by atoms with E-state index in [-0.39, 0.29) is 24.5 Å². The summed E-state index contributed by atoms with van der Waals surface area (Å²) in [6.45, 7) is 5.70. The molecular formula is C26H29NO8. The van der Waals surface area contributed by atoms with Crippen LogP contribution in [0.4, 0.5) is 0 Å². The van der Waals surface area contributed by atoms with Crippen molar-refractivity contribution in [1.82, 2.24) is 4.90 Å². The lowest BCUT2D eigenvalue weighted by Crippen LogP contribution is -2.32. The summed E-state index contributed by atoms with van der Waals surface area (Å²) in [5.41, 5.74) is 0.866. The molecule has 2 aliphatic rings. The number of hydrogen-bond donors (Lipinski definition) is 1. The number of likely N-dealkylation sites (tertiary alicyclic amines) is 1. The zero-order valence-electron chi connectivity index (χ0n) is 20.0. The first-order valence-electron chi connectivity index (χ1n) is 11.6. The summed E-state index contributed by atoms with van der Waals surface area (Å²) in [5.74, 6) is 0.189. The number of Topliss-reactive ketones (excluding diaryl/α,β-unsaturated/α-hetero) is 1. The van der Waals surface area contributed by atoms with Gasteiger partial charge in [0.1, 0.15) is 30.5 Å². The van der Waals surface area contributed by atoms with Crippen LogP contribution in [0, 0.1) is 0 Å². The van der Waals surface area contributed by atoms with Crippen molar-refractivity contribution in [3.05, 3.63) is 53.1 Å². The lowest BCUT2D eigenvalue weighted by Gasteiger charge is -2.27. The average Bonchev–Trinajstić information content (AvgIpc) is 3.12. The number of amides is 1. The molecule has 0 aromatic heterocycles. The highest BCUT2D eigenvalue weighted by Crippen LogP contribution is 2.43. The first-order valence-corrected chi connectivity index (χ1v) is 11.6. The minimum Gasteiger partial charge on any atom is -0.507 e. The molecule has 2 aromatic carbocycles. The van der Waals surface area contributed by atoms with Crippen LogP contribution in [0.3, 0.4) is 0 Å². The van der Waals surface area contributed by atoms with Gasteiger partial charge in [-0.25, -0.2) is 0 Å². The molecular weight excluding hydrogens is 454 g/mol. The van der Waals surface area contributed by atoms with Crippen molar-refractivity contribution >= 4 is 17.4 Å². The van der Waals surface area contributed by atoms with E-state index in [0.29, 0.717) is 60.6 Å². The molecule has 2 aromatic rings. The van der Waals surface area contributed by atoms with Gasteiger partial charge in [0, 0.05) is 19.7 Å². The first kappa shape index (κ1) is 24.4. The van der Waals surface area contributed by atoms with Gasteiger partial charge in [0.25, 0.3) is 11.7 Å². The maximum absolute atomic E-state index is 13.2. The van der Waals surface area contributed by atoms with E-state index in [1.165, 1.54) is 12.0 Å². The highest BCUT2D eigenvalue weighted by molar-refractivity contribution is 6.46. The number of carbonyl (C=O) groups is 2. The molecule has 9 nitrogen and oxygen atoms in total. The Bertz CT molecular complexity index is 1140. The van der Waals surface area contributed by atoms with Crippen molar-refractivity contribution in [3.63, 3.8) is 0 Å². The molecule has 0 spiro atoms. The van der Waals surface area contributed by atoms with E-state index in [2.05, 4.69) is 0 Å². The number of rotatable bonds is 9. The van der Waals surface area contributed by atoms with Crippen molar-refractivity contribution in [3.8, 4) is 23.0 Å². The van der Waals surface area contributed by atoms with Crippen LogP contribution in [0.25, 0.3) is 5.76 Å². The summed E-state index contributed by atoms with van der Waals surface area (Å²) in [6.07, 6.45) is 0. The largest absolute Gasteiger partial charge is 0.507 e. The molecule has 4 rings (SSSR count). The monoisotopic (exact) mass is 483 g/mol. The molecule has 9 heteroatoms. The molecule has 35 heavy (non-hydrogen) atoms. The van der Waals surface area contributed by atoms with E-state index < -0.39 is 17.7 Å². The smallest absolute Gasteiger partial charge is 0.295 e. The molecule has 1 amide bonds. The molecule has 0 aliphatic carbocycles. The zero-order valence-corrected chi connectivity index (χ0v) is 20.0. The number of aliphatic hydroxyl groups is 1. The maximum atomic E-state index is 13.2. The fraction of sp³-hybridized carbons (Fsp3) is 0.385. The van der Waals surface area contributed by atoms with Crippen LogP contribution < -0.4 is 18.9 Å². The van der Waals surface area contributed by atoms with Gasteiger partial charge in [0.05, 0.1) is 37.0 Å². The van der Waals surface area contributed by atoms with Crippen molar-refractivity contribution in [1.29, 1.82) is 0 Å². The van der Waals surface area contributed by atoms with Gasteiger partial charge in [0.15, 0.2) is 11.5 Å². The highest BCUT2D eigenvalue weighted by atomic mass is 16.6. The second-order valence-corrected chi connectivity index (χ2v) is 7.91. The van der Waals surface area contributed by atoms with Crippen LogP contribution in [0.2, 0.25) is 0 Å². The van der Waals surface area contributed by atoms with Crippen molar-refractivity contribution in [2.45, 2.75) is 19.9 Å². The van der Waals surface area contributed by atoms with Gasteiger partial charge < -0.3 is 33.7 Å². The number of carbonyl (C=O) groups excluding carboxylic acids is 2. The van der Waals surface area contributed by atoms with Crippen LogP contribution in [0.15, 0.2) is 42.0 Å². The summed E-state index contributed by atoms with van der Waals surface area (Å²) in [4.78, 5) is 27.7. The Morgan fingerprint density at radius 3 is 2.49 bits per heavy atom. The highest BCUT2D eigenvalue weighted by Gasteiger charge is 2.46. The molecule has 1 unspecified atom stereocenters. The summed E-state index contributed by atoms with van der Waals surface area (Å²) >= 11 is 0. The average molecular weight is 484 g/mol. The fourth-order valence-electron chi connectivity index (χ4n) is 4.25. The Morgan fingerprint density at radius 1 is 1.03 bits per heavy atom. The Morgan fingerprint density at radius 2 is 1.77 bits per heavy atom. The van der Waals surface area contributed by atoms with E-state index in [4.69, 9.17) is 23.7 Å². The predicted octanol–water partition coefficient (Wildman–Crippen LogP) is 3.32. The normalized spacial score (nSPS) is 18.6. The van der Waals surface area contributed by atoms with E-state index >= 15 is 0 Å². The number of fused-ring (bicyclic) bond motifs is 1. The van der Waals surface area contributed by atoms with E-state index in [1.807, 2.05) is 13.8 Å². The van der Waals surface area contributed by atoms with Crippen molar-refractivity contribution in [2.75, 3.05) is 46.7 Å². The third-order valence-electron chi connectivity index (χ3n) is 5.78. The summed E-state index contributed by atoms with van der Waals surface area (Å²) in [5, 5.41) is 11.4. The lowest BCUT2D eigenvalue weighted by atomic mass is 9.94. The first-order chi connectivity index (χ1) is 17.0. The number of benzene rings is 2. The summed E-state index contributed by atoms with van der Waals surface area (Å²) in [6, 6.07) is 9.35. The van der Waals surface area contributed by atoms with Gasteiger partial charge >= 0.3 is 0 Å². The maximum Gasteiger partial charge on any atom is 0.295 e. The molecule has 0 radical (unpaired) electrons. The summed E-state index contributed by atoms with van der Waals surface area (Å²) in [7, 11) is 1.52.